The van der Waals surface area contributed by atoms with Crippen molar-refractivity contribution in [2.24, 2.45) is 5.92 Å². The minimum Gasteiger partial charge on any atom is -0.490 e. The van der Waals surface area contributed by atoms with Crippen molar-refractivity contribution in [3.8, 4) is 5.75 Å². The molecule has 0 aromatic heterocycles. The Balaban J connectivity index is 2.45. The predicted octanol–water partition coefficient (Wildman–Crippen LogP) is 3.22. The van der Waals surface area contributed by atoms with Crippen molar-refractivity contribution in [1.82, 2.24) is 5.32 Å². The molecule has 1 N–H and O–H groups in total. The van der Waals surface area contributed by atoms with Crippen LogP contribution in [0.3, 0.4) is 0 Å². The van der Waals surface area contributed by atoms with Crippen LogP contribution in [0.1, 0.15) is 19.4 Å². The lowest BCUT2D eigenvalue weighted by molar-refractivity contribution is 0.146. The van der Waals surface area contributed by atoms with Gasteiger partial charge in [0.2, 0.25) is 0 Å². The smallest absolute Gasteiger partial charge is 0.133 e. The van der Waals surface area contributed by atoms with E-state index >= 15 is 0 Å². The summed E-state index contributed by atoms with van der Waals surface area (Å²) >= 11 is 3.53. The molecule has 0 heterocycles. The Morgan fingerprint density at radius 2 is 2.06 bits per heavy atom. The van der Waals surface area contributed by atoms with Gasteiger partial charge in [-0.25, -0.2) is 0 Å². The lowest BCUT2D eigenvalue weighted by atomic mass is 10.2. The molecule has 0 spiro atoms. The molecule has 0 saturated carbocycles. The quantitative estimate of drug-likeness (QED) is 0.747. The summed E-state index contributed by atoms with van der Waals surface area (Å²) in [6.07, 6.45) is 0. The molecule has 0 radical (unpaired) electrons. The normalized spacial score (nSPS) is 10.9. The second-order valence-corrected chi connectivity index (χ2v) is 5.49. The number of hydrogen-bond acceptors (Lipinski definition) is 3. The first-order valence-corrected chi connectivity index (χ1v) is 7.03. The Kier molecular flexibility index (Phi) is 7.32. The molecule has 0 aliphatic heterocycles. The molecule has 0 bridgehead atoms. The second kappa shape index (κ2) is 8.51. The highest BCUT2D eigenvalue weighted by atomic mass is 79.9. The van der Waals surface area contributed by atoms with Gasteiger partial charge in [0.15, 0.2) is 0 Å². The van der Waals surface area contributed by atoms with Crippen molar-refractivity contribution in [2.75, 3.05) is 26.9 Å². The third-order valence-electron chi connectivity index (χ3n) is 2.42. The van der Waals surface area contributed by atoms with Gasteiger partial charge in [-0.3, -0.25) is 0 Å². The van der Waals surface area contributed by atoms with Gasteiger partial charge in [-0.15, -0.1) is 0 Å². The Hall–Kier alpha value is -0.580. The average molecular weight is 316 g/mol. The summed E-state index contributed by atoms with van der Waals surface area (Å²) < 4.78 is 11.5. The first-order chi connectivity index (χ1) is 8.63. The monoisotopic (exact) mass is 315 g/mol. The standard InChI is InChI=1S/C14H22BrNO2/c1-11(2)9-16-10-12-4-5-14(13(15)8-12)18-7-6-17-3/h4-5,8,11,16H,6-7,9-10H2,1-3H3. The molecule has 0 fully saturated rings. The third-order valence-corrected chi connectivity index (χ3v) is 3.04. The van der Waals surface area contributed by atoms with Crippen LogP contribution in [0.2, 0.25) is 0 Å². The van der Waals surface area contributed by atoms with Gasteiger partial charge in [-0.1, -0.05) is 19.9 Å². The summed E-state index contributed by atoms with van der Waals surface area (Å²) in [4.78, 5) is 0. The first-order valence-electron chi connectivity index (χ1n) is 6.24. The number of hydrogen-bond donors (Lipinski definition) is 1. The fourth-order valence-electron chi connectivity index (χ4n) is 1.51. The SMILES string of the molecule is COCCOc1ccc(CNCC(C)C)cc1Br. The molecule has 102 valence electrons. The summed E-state index contributed by atoms with van der Waals surface area (Å²) in [7, 11) is 1.67. The number of nitrogens with one attached hydrogen (secondary N) is 1. The molecule has 0 aliphatic rings. The summed E-state index contributed by atoms with van der Waals surface area (Å²) in [6.45, 7) is 7.49. The van der Waals surface area contributed by atoms with E-state index in [-0.39, 0.29) is 0 Å². The average Bonchev–Trinajstić information content (AvgIpc) is 2.31. The largest absolute Gasteiger partial charge is 0.490 e. The molecular weight excluding hydrogens is 294 g/mol. The van der Waals surface area contributed by atoms with E-state index in [9.17, 15) is 0 Å². The number of halogens is 1. The fraction of sp³-hybridized carbons (Fsp3) is 0.571. The highest BCUT2D eigenvalue weighted by Gasteiger charge is 2.03. The molecule has 1 rings (SSSR count). The molecule has 0 saturated heterocycles. The van der Waals surface area contributed by atoms with Crippen molar-refractivity contribution >= 4 is 15.9 Å². The highest BCUT2D eigenvalue weighted by Crippen LogP contribution is 2.25. The van der Waals surface area contributed by atoms with E-state index in [1.165, 1.54) is 5.56 Å². The van der Waals surface area contributed by atoms with Crippen molar-refractivity contribution in [3.63, 3.8) is 0 Å². The van der Waals surface area contributed by atoms with Crippen LogP contribution >= 0.6 is 15.9 Å². The van der Waals surface area contributed by atoms with Crippen LogP contribution in [0.25, 0.3) is 0 Å². The fourth-order valence-corrected chi connectivity index (χ4v) is 2.05. The molecule has 0 atom stereocenters. The van der Waals surface area contributed by atoms with Crippen LogP contribution in [0.4, 0.5) is 0 Å². The zero-order valence-electron chi connectivity index (χ0n) is 11.3. The summed E-state index contributed by atoms with van der Waals surface area (Å²) in [6, 6.07) is 6.17. The van der Waals surface area contributed by atoms with Crippen LogP contribution < -0.4 is 10.1 Å². The molecule has 0 aliphatic carbocycles. The lowest BCUT2D eigenvalue weighted by Gasteiger charge is -2.11. The Morgan fingerprint density at radius 3 is 2.67 bits per heavy atom. The topological polar surface area (TPSA) is 30.5 Å². The maximum absolute atomic E-state index is 5.58. The van der Waals surface area contributed by atoms with Crippen LogP contribution in [0, 0.1) is 5.92 Å². The van der Waals surface area contributed by atoms with Crippen molar-refractivity contribution in [2.45, 2.75) is 20.4 Å². The van der Waals surface area contributed by atoms with E-state index in [0.29, 0.717) is 19.1 Å². The van der Waals surface area contributed by atoms with E-state index < -0.39 is 0 Å². The van der Waals surface area contributed by atoms with Gasteiger partial charge in [0.05, 0.1) is 11.1 Å². The van der Waals surface area contributed by atoms with Crippen LogP contribution in [-0.2, 0) is 11.3 Å². The number of rotatable bonds is 8. The van der Waals surface area contributed by atoms with E-state index in [0.717, 1.165) is 23.3 Å². The molecule has 0 unspecified atom stereocenters. The number of methoxy groups -OCH3 is 1. The molecule has 18 heavy (non-hydrogen) atoms. The summed E-state index contributed by atoms with van der Waals surface area (Å²) in [5.41, 5.74) is 1.25. The molecule has 1 aromatic rings. The maximum Gasteiger partial charge on any atom is 0.133 e. The molecule has 3 nitrogen and oxygen atoms in total. The van der Waals surface area contributed by atoms with E-state index in [4.69, 9.17) is 9.47 Å². The van der Waals surface area contributed by atoms with E-state index in [2.05, 4.69) is 47.2 Å². The predicted molar refractivity (Wildman–Crippen MR) is 78.1 cm³/mol. The van der Waals surface area contributed by atoms with Gasteiger partial charge >= 0.3 is 0 Å². The van der Waals surface area contributed by atoms with Crippen LogP contribution in [0.5, 0.6) is 5.75 Å². The Morgan fingerprint density at radius 1 is 1.28 bits per heavy atom. The highest BCUT2D eigenvalue weighted by molar-refractivity contribution is 9.10. The van der Waals surface area contributed by atoms with E-state index in [1.54, 1.807) is 7.11 Å². The zero-order chi connectivity index (χ0) is 13.4. The second-order valence-electron chi connectivity index (χ2n) is 4.63. The number of ether oxygens (including phenoxy) is 2. The van der Waals surface area contributed by atoms with Crippen molar-refractivity contribution in [1.29, 1.82) is 0 Å². The van der Waals surface area contributed by atoms with Crippen molar-refractivity contribution in [3.05, 3.63) is 28.2 Å². The van der Waals surface area contributed by atoms with Crippen LogP contribution in [-0.4, -0.2) is 26.9 Å². The van der Waals surface area contributed by atoms with Gasteiger partial charge in [-0.2, -0.15) is 0 Å². The molecule has 1 aromatic carbocycles. The Labute approximate surface area is 118 Å². The lowest BCUT2D eigenvalue weighted by Crippen LogP contribution is -2.18. The number of benzene rings is 1. The van der Waals surface area contributed by atoms with Gasteiger partial charge in [0.25, 0.3) is 0 Å². The van der Waals surface area contributed by atoms with Gasteiger partial charge in [0, 0.05) is 13.7 Å². The van der Waals surface area contributed by atoms with E-state index in [1.807, 2.05) is 6.07 Å². The van der Waals surface area contributed by atoms with Gasteiger partial charge in [-0.05, 0) is 46.1 Å². The van der Waals surface area contributed by atoms with Gasteiger partial charge in [0.1, 0.15) is 12.4 Å². The Bertz CT molecular complexity index is 356. The summed E-state index contributed by atoms with van der Waals surface area (Å²) in [5.74, 6) is 1.53. The van der Waals surface area contributed by atoms with Gasteiger partial charge < -0.3 is 14.8 Å². The molecular formula is C14H22BrNO2. The summed E-state index contributed by atoms with van der Waals surface area (Å²) in [5, 5.41) is 3.42. The molecule has 0 amide bonds. The maximum atomic E-state index is 5.58. The molecule has 4 heteroatoms. The van der Waals surface area contributed by atoms with Crippen LogP contribution in [0.15, 0.2) is 22.7 Å². The minimum absolute atomic E-state index is 0.569. The van der Waals surface area contributed by atoms with Crippen molar-refractivity contribution < 1.29 is 9.47 Å². The first kappa shape index (κ1) is 15.5. The zero-order valence-corrected chi connectivity index (χ0v) is 12.9. The third kappa shape index (κ3) is 5.85. The minimum atomic E-state index is 0.569.